The van der Waals surface area contributed by atoms with E-state index in [0.29, 0.717) is 13.0 Å². The van der Waals surface area contributed by atoms with E-state index in [2.05, 4.69) is 0 Å². The molecule has 0 aliphatic carbocycles. The van der Waals surface area contributed by atoms with Crippen LogP contribution in [0.25, 0.3) is 0 Å². The molecule has 1 saturated heterocycles. The molecule has 4 nitrogen and oxygen atoms in total. The molecule has 1 heterocycles. The number of benzene rings is 1. The van der Waals surface area contributed by atoms with E-state index in [-0.39, 0.29) is 18.0 Å². The van der Waals surface area contributed by atoms with Gasteiger partial charge in [0.25, 0.3) is 5.91 Å². The zero-order chi connectivity index (χ0) is 14.0. The molecule has 1 aromatic carbocycles. The number of carboxylic acid groups (broad SMARTS) is 1. The lowest BCUT2D eigenvalue weighted by atomic mass is 10.1. The van der Waals surface area contributed by atoms with Crippen LogP contribution in [0.5, 0.6) is 0 Å². The van der Waals surface area contributed by atoms with Gasteiger partial charge in [0.05, 0.1) is 12.0 Å². The van der Waals surface area contributed by atoms with Crippen LogP contribution in [0, 0.1) is 12.7 Å². The number of hydrogen-bond donors (Lipinski definition) is 1. The third-order valence-electron chi connectivity index (χ3n) is 3.40. The molecule has 0 bridgehead atoms. The predicted octanol–water partition coefficient (Wildman–Crippen LogP) is 2.21. The number of amides is 1. The normalized spacial score (nSPS) is 18.6. The number of carboxylic acids is 1. The van der Waals surface area contributed by atoms with Gasteiger partial charge in [-0.05, 0) is 37.5 Å². The first-order chi connectivity index (χ1) is 8.99. The van der Waals surface area contributed by atoms with Crippen LogP contribution in [0.15, 0.2) is 18.2 Å². The molecule has 0 saturated carbocycles. The Morgan fingerprint density at radius 3 is 2.84 bits per heavy atom. The maximum Gasteiger partial charge on any atom is 0.305 e. The molecule has 0 aromatic heterocycles. The predicted molar refractivity (Wildman–Crippen MR) is 67.4 cm³/mol. The molecule has 5 heteroatoms. The van der Waals surface area contributed by atoms with Gasteiger partial charge in [0, 0.05) is 12.6 Å². The summed E-state index contributed by atoms with van der Waals surface area (Å²) >= 11 is 0. The average molecular weight is 265 g/mol. The highest BCUT2D eigenvalue weighted by Crippen LogP contribution is 2.23. The van der Waals surface area contributed by atoms with Gasteiger partial charge in [-0.1, -0.05) is 6.07 Å². The van der Waals surface area contributed by atoms with Crippen molar-refractivity contribution in [2.24, 2.45) is 0 Å². The van der Waals surface area contributed by atoms with Crippen LogP contribution in [0.2, 0.25) is 0 Å². The molecule has 0 spiro atoms. The lowest BCUT2D eigenvalue weighted by Gasteiger charge is -2.23. The van der Waals surface area contributed by atoms with Crippen LogP contribution in [0.1, 0.15) is 35.2 Å². The Hall–Kier alpha value is -1.91. The number of aryl methyl sites for hydroxylation is 1. The van der Waals surface area contributed by atoms with Crippen molar-refractivity contribution in [1.82, 2.24) is 4.90 Å². The molecule has 19 heavy (non-hydrogen) atoms. The number of carbonyl (C=O) groups excluding carboxylic acids is 1. The van der Waals surface area contributed by atoms with Crippen molar-refractivity contribution in [1.29, 1.82) is 0 Å². The minimum absolute atomic E-state index is 0.0166. The summed E-state index contributed by atoms with van der Waals surface area (Å²) in [7, 11) is 0. The molecule has 1 amide bonds. The summed E-state index contributed by atoms with van der Waals surface area (Å²) in [6.07, 6.45) is 1.34. The van der Waals surface area contributed by atoms with E-state index in [1.54, 1.807) is 13.0 Å². The molecule has 0 radical (unpaired) electrons. The van der Waals surface area contributed by atoms with Gasteiger partial charge >= 0.3 is 5.97 Å². The van der Waals surface area contributed by atoms with Crippen LogP contribution >= 0.6 is 0 Å². The van der Waals surface area contributed by atoms with Crippen LogP contribution in [-0.4, -0.2) is 34.5 Å². The molecular weight excluding hydrogens is 249 g/mol. The quantitative estimate of drug-likeness (QED) is 0.911. The number of rotatable bonds is 3. The first-order valence-corrected chi connectivity index (χ1v) is 6.28. The summed E-state index contributed by atoms with van der Waals surface area (Å²) in [5.41, 5.74) is 0.764. The van der Waals surface area contributed by atoms with E-state index in [1.807, 2.05) is 0 Å². The maximum absolute atomic E-state index is 13.8. The fraction of sp³-hybridized carbons (Fsp3) is 0.429. The molecule has 2 rings (SSSR count). The second kappa shape index (κ2) is 5.38. The molecule has 1 aliphatic rings. The monoisotopic (exact) mass is 265 g/mol. The van der Waals surface area contributed by atoms with E-state index >= 15 is 0 Å². The van der Waals surface area contributed by atoms with Gasteiger partial charge in [-0.2, -0.15) is 0 Å². The lowest BCUT2D eigenvalue weighted by Crippen LogP contribution is -2.37. The summed E-state index contributed by atoms with van der Waals surface area (Å²) in [6, 6.07) is 4.13. The highest BCUT2D eigenvalue weighted by Gasteiger charge is 2.31. The van der Waals surface area contributed by atoms with Gasteiger partial charge < -0.3 is 10.0 Å². The van der Waals surface area contributed by atoms with Gasteiger partial charge in [0.2, 0.25) is 0 Å². The molecule has 1 fully saturated rings. The van der Waals surface area contributed by atoms with Crippen LogP contribution < -0.4 is 0 Å². The first kappa shape index (κ1) is 13.5. The zero-order valence-electron chi connectivity index (χ0n) is 10.7. The van der Waals surface area contributed by atoms with E-state index < -0.39 is 17.7 Å². The molecule has 1 unspecified atom stereocenters. The molecule has 1 N–H and O–H groups in total. The number of hydrogen-bond acceptors (Lipinski definition) is 2. The molecule has 102 valence electrons. The minimum Gasteiger partial charge on any atom is -0.481 e. The second-order valence-electron chi connectivity index (χ2n) is 4.88. The lowest BCUT2D eigenvalue weighted by molar-refractivity contribution is -0.137. The Morgan fingerprint density at radius 2 is 2.21 bits per heavy atom. The smallest absolute Gasteiger partial charge is 0.305 e. The molecule has 1 aliphatic heterocycles. The third kappa shape index (κ3) is 2.92. The number of nitrogens with zero attached hydrogens (tertiary/aromatic N) is 1. The molecular formula is C14H16FNO3. The summed E-state index contributed by atoms with van der Waals surface area (Å²) in [6.45, 7) is 2.24. The SMILES string of the molecule is Cc1ccc(C(=O)N2CCCC2CC(=O)O)c(F)c1. The topological polar surface area (TPSA) is 57.6 Å². The minimum atomic E-state index is -0.936. The van der Waals surface area contributed by atoms with Gasteiger partial charge in [-0.25, -0.2) is 4.39 Å². The Bertz CT molecular complexity index is 515. The van der Waals surface area contributed by atoms with Gasteiger partial charge in [-0.15, -0.1) is 0 Å². The average Bonchev–Trinajstić information content (AvgIpc) is 2.75. The highest BCUT2D eigenvalue weighted by molar-refractivity contribution is 5.95. The van der Waals surface area contributed by atoms with Crippen molar-refractivity contribution in [2.75, 3.05) is 6.54 Å². The van der Waals surface area contributed by atoms with E-state index in [9.17, 15) is 14.0 Å². The zero-order valence-corrected chi connectivity index (χ0v) is 10.7. The Balaban J connectivity index is 2.20. The number of carbonyl (C=O) groups is 2. The third-order valence-corrected chi connectivity index (χ3v) is 3.40. The maximum atomic E-state index is 13.8. The standard InChI is InChI=1S/C14H16FNO3/c1-9-4-5-11(12(15)7-9)14(19)16-6-2-3-10(16)8-13(17)18/h4-5,7,10H,2-3,6,8H2,1H3,(H,17,18). The summed E-state index contributed by atoms with van der Waals surface area (Å²) in [5, 5.41) is 8.82. The van der Waals surface area contributed by atoms with E-state index in [1.165, 1.54) is 17.0 Å². The first-order valence-electron chi connectivity index (χ1n) is 6.28. The Morgan fingerprint density at radius 1 is 1.47 bits per heavy atom. The fourth-order valence-electron chi connectivity index (χ4n) is 2.47. The van der Waals surface area contributed by atoms with Crippen LogP contribution in [0.3, 0.4) is 0 Å². The van der Waals surface area contributed by atoms with Crippen molar-refractivity contribution >= 4 is 11.9 Å². The van der Waals surface area contributed by atoms with Crippen molar-refractivity contribution in [3.63, 3.8) is 0 Å². The summed E-state index contributed by atoms with van der Waals surface area (Å²) in [5.74, 6) is -1.90. The largest absolute Gasteiger partial charge is 0.481 e. The number of halogens is 1. The van der Waals surface area contributed by atoms with Gasteiger partial charge in [-0.3, -0.25) is 9.59 Å². The van der Waals surface area contributed by atoms with E-state index in [4.69, 9.17) is 5.11 Å². The summed E-state index contributed by atoms with van der Waals surface area (Å²) < 4.78 is 13.8. The van der Waals surface area contributed by atoms with Crippen LogP contribution in [-0.2, 0) is 4.79 Å². The van der Waals surface area contributed by atoms with Crippen molar-refractivity contribution < 1.29 is 19.1 Å². The fourth-order valence-corrected chi connectivity index (χ4v) is 2.47. The van der Waals surface area contributed by atoms with Gasteiger partial charge in [0.1, 0.15) is 5.82 Å². The summed E-state index contributed by atoms with van der Waals surface area (Å²) in [4.78, 5) is 24.5. The highest BCUT2D eigenvalue weighted by atomic mass is 19.1. The number of aliphatic carboxylic acids is 1. The van der Waals surface area contributed by atoms with Crippen molar-refractivity contribution in [3.8, 4) is 0 Å². The molecule has 1 atom stereocenters. The van der Waals surface area contributed by atoms with Crippen molar-refractivity contribution in [3.05, 3.63) is 35.1 Å². The van der Waals surface area contributed by atoms with Crippen LogP contribution in [0.4, 0.5) is 4.39 Å². The molecule has 1 aromatic rings. The second-order valence-corrected chi connectivity index (χ2v) is 4.88. The Kier molecular flexibility index (Phi) is 3.83. The number of likely N-dealkylation sites (tertiary alicyclic amines) is 1. The Labute approximate surface area is 110 Å². The van der Waals surface area contributed by atoms with Gasteiger partial charge in [0.15, 0.2) is 0 Å². The van der Waals surface area contributed by atoms with E-state index in [0.717, 1.165) is 12.0 Å². The van der Waals surface area contributed by atoms with Crippen molar-refractivity contribution in [2.45, 2.75) is 32.2 Å².